The van der Waals surface area contributed by atoms with Crippen LogP contribution in [0.15, 0.2) is 23.7 Å². The number of hydrogen-bond donors (Lipinski definition) is 1. The molecular weight excluding hydrogens is 302 g/mol. The topological polar surface area (TPSA) is 54.7 Å². The lowest BCUT2D eigenvalue weighted by Gasteiger charge is -2.39. The van der Waals surface area contributed by atoms with E-state index in [4.69, 9.17) is 9.73 Å². The van der Waals surface area contributed by atoms with Gasteiger partial charge in [0.2, 0.25) is 0 Å². The second-order valence-corrected chi connectivity index (χ2v) is 6.43. The first-order valence-corrected chi connectivity index (χ1v) is 9.34. The van der Waals surface area contributed by atoms with Gasteiger partial charge in [0.05, 0.1) is 12.4 Å². The van der Waals surface area contributed by atoms with Crippen molar-refractivity contribution < 1.29 is 4.74 Å². The molecule has 1 aromatic heterocycles. The van der Waals surface area contributed by atoms with E-state index in [0.717, 1.165) is 58.2 Å². The number of unbranched alkanes of at least 4 members (excludes halogenated alkanes) is 1. The third kappa shape index (κ3) is 5.51. The maximum absolute atomic E-state index is 5.39. The lowest BCUT2D eigenvalue weighted by molar-refractivity contribution is 0.144. The Kier molecular flexibility index (Phi) is 8.08. The van der Waals surface area contributed by atoms with Crippen LogP contribution in [0.3, 0.4) is 0 Å². The molecule has 1 fully saturated rings. The molecule has 0 radical (unpaired) electrons. The van der Waals surface area contributed by atoms with Gasteiger partial charge in [0.1, 0.15) is 0 Å². The van der Waals surface area contributed by atoms with Crippen molar-refractivity contribution in [3.8, 4) is 0 Å². The van der Waals surface area contributed by atoms with Gasteiger partial charge >= 0.3 is 0 Å². The summed E-state index contributed by atoms with van der Waals surface area (Å²) < 4.78 is 7.63. The second kappa shape index (κ2) is 10.3. The summed E-state index contributed by atoms with van der Waals surface area (Å²) in [5.41, 5.74) is 0. The Bertz CT molecular complexity index is 474. The molecule has 2 atom stereocenters. The van der Waals surface area contributed by atoms with Crippen LogP contribution in [0, 0.1) is 5.92 Å². The number of guanidine groups is 1. The monoisotopic (exact) mass is 335 g/mol. The van der Waals surface area contributed by atoms with Gasteiger partial charge in [0.25, 0.3) is 0 Å². The molecule has 1 aromatic rings. The van der Waals surface area contributed by atoms with Crippen molar-refractivity contribution in [1.29, 1.82) is 0 Å². The van der Waals surface area contributed by atoms with Crippen molar-refractivity contribution in [2.75, 3.05) is 39.4 Å². The molecule has 0 aliphatic carbocycles. The molecule has 0 spiro atoms. The van der Waals surface area contributed by atoms with Gasteiger partial charge in [0, 0.05) is 51.8 Å². The van der Waals surface area contributed by atoms with Crippen molar-refractivity contribution in [1.82, 2.24) is 19.8 Å². The van der Waals surface area contributed by atoms with Crippen LogP contribution in [0.25, 0.3) is 0 Å². The number of imidazole rings is 1. The standard InChI is InChI=1S/C18H33N5O/c1-4-20-18(21-9-6-7-13-24-5-2)22-11-8-16(3)17(14-22)23-12-10-19-15-23/h10,12,15-17H,4-9,11,13-14H2,1-3H3,(H,20,21). The minimum Gasteiger partial charge on any atom is -0.382 e. The Morgan fingerprint density at radius 1 is 1.38 bits per heavy atom. The van der Waals surface area contributed by atoms with Crippen molar-refractivity contribution in [2.45, 2.75) is 46.1 Å². The first kappa shape index (κ1) is 18.8. The van der Waals surface area contributed by atoms with Gasteiger partial charge in [0.15, 0.2) is 5.96 Å². The van der Waals surface area contributed by atoms with Crippen LogP contribution in [0.1, 0.15) is 46.1 Å². The number of aromatic nitrogens is 2. The molecule has 2 unspecified atom stereocenters. The summed E-state index contributed by atoms with van der Waals surface area (Å²) in [6, 6.07) is 0.461. The highest BCUT2D eigenvalue weighted by Crippen LogP contribution is 2.27. The fraction of sp³-hybridized carbons (Fsp3) is 0.778. The Balaban J connectivity index is 1.91. The van der Waals surface area contributed by atoms with E-state index in [-0.39, 0.29) is 0 Å². The summed E-state index contributed by atoms with van der Waals surface area (Å²) in [7, 11) is 0. The number of nitrogens with one attached hydrogen (secondary N) is 1. The van der Waals surface area contributed by atoms with E-state index in [1.54, 1.807) is 0 Å². The number of aliphatic imine (C=N–C) groups is 1. The van der Waals surface area contributed by atoms with Crippen molar-refractivity contribution in [3.05, 3.63) is 18.7 Å². The highest BCUT2D eigenvalue weighted by atomic mass is 16.5. The van der Waals surface area contributed by atoms with Crippen LogP contribution < -0.4 is 5.32 Å². The number of nitrogens with zero attached hydrogens (tertiary/aromatic N) is 4. The molecule has 6 heteroatoms. The van der Waals surface area contributed by atoms with E-state index in [9.17, 15) is 0 Å². The summed E-state index contributed by atoms with van der Waals surface area (Å²) in [6.07, 6.45) is 9.20. The molecule has 0 bridgehead atoms. The van der Waals surface area contributed by atoms with Crippen molar-refractivity contribution in [2.24, 2.45) is 10.9 Å². The van der Waals surface area contributed by atoms with E-state index in [0.29, 0.717) is 12.0 Å². The molecule has 24 heavy (non-hydrogen) atoms. The third-order valence-electron chi connectivity index (χ3n) is 4.62. The van der Waals surface area contributed by atoms with Gasteiger partial charge in [-0.15, -0.1) is 0 Å². The number of hydrogen-bond acceptors (Lipinski definition) is 3. The third-order valence-corrected chi connectivity index (χ3v) is 4.62. The zero-order valence-electron chi connectivity index (χ0n) is 15.4. The Hall–Kier alpha value is -1.56. The van der Waals surface area contributed by atoms with Gasteiger partial charge < -0.3 is 19.5 Å². The maximum Gasteiger partial charge on any atom is 0.193 e. The zero-order chi connectivity index (χ0) is 17.2. The van der Waals surface area contributed by atoms with E-state index in [2.05, 4.69) is 39.8 Å². The van der Waals surface area contributed by atoms with Crippen LogP contribution in [-0.2, 0) is 4.74 Å². The van der Waals surface area contributed by atoms with Crippen LogP contribution >= 0.6 is 0 Å². The highest BCUT2D eigenvalue weighted by Gasteiger charge is 2.28. The average Bonchev–Trinajstić information content (AvgIpc) is 3.12. The SMILES string of the molecule is CCNC(=NCCCCOCC)N1CCC(C)C(n2ccnc2)C1. The lowest BCUT2D eigenvalue weighted by Crippen LogP contribution is -2.49. The highest BCUT2D eigenvalue weighted by molar-refractivity contribution is 5.80. The van der Waals surface area contributed by atoms with E-state index >= 15 is 0 Å². The number of piperidine rings is 1. The molecule has 6 nitrogen and oxygen atoms in total. The molecule has 2 heterocycles. The Morgan fingerprint density at radius 2 is 2.25 bits per heavy atom. The first-order valence-electron chi connectivity index (χ1n) is 9.34. The van der Waals surface area contributed by atoms with Crippen molar-refractivity contribution >= 4 is 5.96 Å². The van der Waals surface area contributed by atoms with Crippen LogP contribution in [0.5, 0.6) is 0 Å². The molecule has 136 valence electrons. The average molecular weight is 335 g/mol. The largest absolute Gasteiger partial charge is 0.382 e. The molecule has 0 aromatic carbocycles. The summed E-state index contributed by atoms with van der Waals surface area (Å²) in [6.45, 7) is 12.0. The lowest BCUT2D eigenvalue weighted by atomic mass is 9.93. The fourth-order valence-electron chi connectivity index (χ4n) is 3.17. The predicted octanol–water partition coefficient (Wildman–Crippen LogP) is 2.55. The minimum atomic E-state index is 0.461. The molecule has 0 amide bonds. The van der Waals surface area contributed by atoms with Crippen LogP contribution in [0.2, 0.25) is 0 Å². The van der Waals surface area contributed by atoms with Gasteiger partial charge in [-0.25, -0.2) is 4.98 Å². The van der Waals surface area contributed by atoms with Crippen LogP contribution in [0.4, 0.5) is 0 Å². The first-order chi connectivity index (χ1) is 11.8. The number of rotatable bonds is 8. The normalized spacial score (nSPS) is 22.0. The Labute approximate surface area is 146 Å². The summed E-state index contributed by atoms with van der Waals surface area (Å²) >= 11 is 0. The fourth-order valence-corrected chi connectivity index (χ4v) is 3.17. The molecule has 1 N–H and O–H groups in total. The van der Waals surface area contributed by atoms with E-state index in [1.165, 1.54) is 6.42 Å². The quantitative estimate of drug-likeness (QED) is 0.451. The van der Waals surface area contributed by atoms with Gasteiger partial charge in [-0.3, -0.25) is 4.99 Å². The molecular formula is C18H33N5O. The number of ether oxygens (including phenoxy) is 1. The summed E-state index contributed by atoms with van der Waals surface area (Å²) in [4.78, 5) is 11.4. The van der Waals surface area contributed by atoms with E-state index in [1.807, 2.05) is 19.4 Å². The smallest absolute Gasteiger partial charge is 0.193 e. The molecule has 2 rings (SSSR count). The zero-order valence-corrected chi connectivity index (χ0v) is 15.4. The van der Waals surface area contributed by atoms with Crippen molar-refractivity contribution in [3.63, 3.8) is 0 Å². The van der Waals surface area contributed by atoms with E-state index < -0.39 is 0 Å². The second-order valence-electron chi connectivity index (χ2n) is 6.43. The summed E-state index contributed by atoms with van der Waals surface area (Å²) in [5, 5.41) is 3.45. The predicted molar refractivity (Wildman–Crippen MR) is 98.3 cm³/mol. The van der Waals surface area contributed by atoms with Gasteiger partial charge in [-0.2, -0.15) is 0 Å². The van der Waals surface area contributed by atoms with Gasteiger partial charge in [-0.1, -0.05) is 6.92 Å². The summed E-state index contributed by atoms with van der Waals surface area (Å²) in [5.74, 6) is 1.70. The molecule has 1 saturated heterocycles. The minimum absolute atomic E-state index is 0.461. The maximum atomic E-state index is 5.39. The van der Waals surface area contributed by atoms with Gasteiger partial charge in [-0.05, 0) is 39.0 Å². The number of likely N-dealkylation sites (tertiary alicyclic amines) is 1. The van der Waals surface area contributed by atoms with Crippen LogP contribution in [-0.4, -0.2) is 59.8 Å². The molecule has 1 aliphatic rings. The molecule has 0 saturated carbocycles. The molecule has 1 aliphatic heterocycles. The Morgan fingerprint density at radius 3 is 2.96 bits per heavy atom.